The summed E-state index contributed by atoms with van der Waals surface area (Å²) < 4.78 is 0. The standard InChI is InChI=1S/C19H27NO/c1-14-6-8-16(9-7-14)20-13-11-17(21)19(5)12-10-15(2)18(19,3)4/h6-9,11,13,15,20H,10,12H2,1-5H3/b13-11+/t15-,19+/m0/s1. The van der Waals surface area contributed by atoms with Crippen molar-refractivity contribution in [2.24, 2.45) is 16.7 Å². The molecule has 0 heterocycles. The van der Waals surface area contributed by atoms with Crippen LogP contribution in [-0.4, -0.2) is 5.78 Å². The van der Waals surface area contributed by atoms with E-state index in [1.54, 1.807) is 12.3 Å². The maximum absolute atomic E-state index is 12.6. The molecule has 0 aliphatic heterocycles. The van der Waals surface area contributed by atoms with Gasteiger partial charge in [-0.2, -0.15) is 0 Å². The predicted molar refractivity (Wildman–Crippen MR) is 89.2 cm³/mol. The summed E-state index contributed by atoms with van der Waals surface area (Å²) in [5, 5.41) is 3.18. The van der Waals surface area contributed by atoms with Crippen LogP contribution >= 0.6 is 0 Å². The third kappa shape index (κ3) is 2.90. The molecule has 114 valence electrons. The Hall–Kier alpha value is -1.57. The number of anilines is 1. The molecule has 0 bridgehead atoms. The van der Waals surface area contributed by atoms with Crippen LogP contribution in [0.5, 0.6) is 0 Å². The first-order valence-electron chi connectivity index (χ1n) is 7.81. The fourth-order valence-electron chi connectivity index (χ4n) is 3.22. The highest BCUT2D eigenvalue weighted by molar-refractivity contribution is 5.95. The molecule has 0 aromatic heterocycles. The van der Waals surface area contributed by atoms with Gasteiger partial charge >= 0.3 is 0 Å². The van der Waals surface area contributed by atoms with Gasteiger partial charge in [0.15, 0.2) is 5.78 Å². The van der Waals surface area contributed by atoms with Gasteiger partial charge in [-0.1, -0.05) is 45.4 Å². The first-order chi connectivity index (χ1) is 9.77. The number of carbonyl (C=O) groups excluding carboxylic acids is 1. The predicted octanol–water partition coefficient (Wildman–Crippen LogP) is 4.95. The van der Waals surface area contributed by atoms with Crippen LogP contribution in [0.4, 0.5) is 5.69 Å². The maximum Gasteiger partial charge on any atom is 0.163 e. The van der Waals surface area contributed by atoms with Crippen LogP contribution in [0.2, 0.25) is 0 Å². The lowest BCUT2D eigenvalue weighted by atomic mass is 9.64. The average Bonchev–Trinajstić information content (AvgIpc) is 2.65. The Balaban J connectivity index is 2.04. The summed E-state index contributed by atoms with van der Waals surface area (Å²) >= 11 is 0. The fraction of sp³-hybridized carbons (Fsp3) is 0.526. The third-order valence-electron chi connectivity index (χ3n) is 5.81. The monoisotopic (exact) mass is 285 g/mol. The average molecular weight is 285 g/mol. The molecule has 21 heavy (non-hydrogen) atoms. The van der Waals surface area contributed by atoms with Crippen LogP contribution in [0.1, 0.15) is 46.1 Å². The minimum absolute atomic E-state index is 0.0539. The van der Waals surface area contributed by atoms with Crippen molar-refractivity contribution in [3.8, 4) is 0 Å². The second-order valence-electron chi connectivity index (χ2n) is 7.20. The molecule has 1 fully saturated rings. The van der Waals surface area contributed by atoms with Gasteiger partial charge in [-0.15, -0.1) is 0 Å². The van der Waals surface area contributed by atoms with E-state index in [0.717, 1.165) is 18.5 Å². The molecule has 0 unspecified atom stereocenters. The molecule has 2 nitrogen and oxygen atoms in total. The first-order valence-corrected chi connectivity index (χ1v) is 7.81. The lowest BCUT2D eigenvalue weighted by Crippen LogP contribution is -2.39. The summed E-state index contributed by atoms with van der Waals surface area (Å²) in [5.74, 6) is 0.821. The molecule has 1 aromatic rings. The maximum atomic E-state index is 12.6. The molecule has 1 aliphatic carbocycles. The van der Waals surface area contributed by atoms with Crippen molar-refractivity contribution in [1.29, 1.82) is 0 Å². The Morgan fingerprint density at radius 2 is 1.86 bits per heavy atom. The van der Waals surface area contributed by atoms with Gasteiger partial charge in [-0.05, 0) is 49.3 Å². The minimum Gasteiger partial charge on any atom is -0.362 e. The molecule has 1 aromatic carbocycles. The van der Waals surface area contributed by atoms with Gasteiger partial charge in [-0.25, -0.2) is 0 Å². The number of hydrogen-bond acceptors (Lipinski definition) is 2. The quantitative estimate of drug-likeness (QED) is 0.793. The van der Waals surface area contributed by atoms with Gasteiger partial charge in [0, 0.05) is 17.3 Å². The smallest absolute Gasteiger partial charge is 0.163 e. The van der Waals surface area contributed by atoms with Crippen molar-refractivity contribution in [2.75, 3.05) is 5.32 Å². The summed E-state index contributed by atoms with van der Waals surface area (Å²) in [6.45, 7) is 10.9. The highest BCUT2D eigenvalue weighted by Crippen LogP contribution is 2.56. The van der Waals surface area contributed by atoms with Crippen molar-refractivity contribution in [1.82, 2.24) is 0 Å². The van der Waals surface area contributed by atoms with E-state index in [-0.39, 0.29) is 16.6 Å². The number of ketones is 1. The van der Waals surface area contributed by atoms with Crippen molar-refractivity contribution in [2.45, 2.75) is 47.5 Å². The van der Waals surface area contributed by atoms with E-state index in [1.165, 1.54) is 5.56 Å². The summed E-state index contributed by atoms with van der Waals surface area (Å²) in [5.41, 5.74) is 2.04. The molecule has 2 atom stereocenters. The molecule has 0 radical (unpaired) electrons. The molecule has 2 heteroatoms. The van der Waals surface area contributed by atoms with E-state index in [2.05, 4.69) is 52.1 Å². The van der Waals surface area contributed by atoms with Crippen molar-refractivity contribution < 1.29 is 4.79 Å². The SMILES string of the molecule is Cc1ccc(N/C=C/C(=O)[C@@]2(C)CC[C@H](C)C2(C)C)cc1. The molecule has 0 spiro atoms. The number of rotatable bonds is 4. The van der Waals surface area contributed by atoms with Gasteiger partial charge in [0.2, 0.25) is 0 Å². The summed E-state index contributed by atoms with van der Waals surface area (Å²) in [6.07, 6.45) is 5.60. The van der Waals surface area contributed by atoms with Crippen LogP contribution in [0.15, 0.2) is 36.5 Å². The highest BCUT2D eigenvalue weighted by Gasteiger charge is 2.52. The Bertz CT molecular complexity index is 541. The van der Waals surface area contributed by atoms with Crippen LogP contribution in [0, 0.1) is 23.7 Å². The zero-order valence-corrected chi connectivity index (χ0v) is 13.9. The van der Waals surface area contributed by atoms with Crippen LogP contribution in [-0.2, 0) is 4.79 Å². The summed E-state index contributed by atoms with van der Waals surface area (Å²) in [4.78, 5) is 12.6. The topological polar surface area (TPSA) is 29.1 Å². The van der Waals surface area contributed by atoms with Crippen LogP contribution < -0.4 is 5.32 Å². The van der Waals surface area contributed by atoms with E-state index in [1.807, 2.05) is 12.1 Å². The van der Waals surface area contributed by atoms with Crippen molar-refractivity contribution >= 4 is 11.5 Å². The molecular weight excluding hydrogens is 258 g/mol. The zero-order valence-electron chi connectivity index (χ0n) is 13.9. The van der Waals surface area contributed by atoms with Gasteiger partial charge in [0.1, 0.15) is 0 Å². The van der Waals surface area contributed by atoms with E-state index in [0.29, 0.717) is 5.92 Å². The van der Waals surface area contributed by atoms with E-state index in [4.69, 9.17) is 0 Å². The molecular formula is C19H27NO. The van der Waals surface area contributed by atoms with Gasteiger partial charge in [0.05, 0.1) is 0 Å². The van der Waals surface area contributed by atoms with Crippen LogP contribution in [0.25, 0.3) is 0 Å². The molecule has 0 amide bonds. The lowest BCUT2D eigenvalue weighted by molar-refractivity contribution is -0.128. The summed E-state index contributed by atoms with van der Waals surface area (Å²) in [7, 11) is 0. The number of carbonyl (C=O) groups is 1. The molecule has 2 rings (SSSR count). The largest absolute Gasteiger partial charge is 0.362 e. The molecule has 1 N–H and O–H groups in total. The summed E-state index contributed by atoms with van der Waals surface area (Å²) in [6, 6.07) is 8.16. The Morgan fingerprint density at radius 1 is 1.24 bits per heavy atom. The van der Waals surface area contributed by atoms with Gasteiger partial charge in [0.25, 0.3) is 0 Å². The van der Waals surface area contributed by atoms with E-state index < -0.39 is 0 Å². The number of hydrogen-bond donors (Lipinski definition) is 1. The normalized spacial score (nSPS) is 28.0. The van der Waals surface area contributed by atoms with E-state index >= 15 is 0 Å². The van der Waals surface area contributed by atoms with Crippen molar-refractivity contribution in [3.63, 3.8) is 0 Å². The Labute approximate surface area is 128 Å². The van der Waals surface area contributed by atoms with Gasteiger partial charge < -0.3 is 5.32 Å². The van der Waals surface area contributed by atoms with E-state index in [9.17, 15) is 4.79 Å². The van der Waals surface area contributed by atoms with Gasteiger partial charge in [-0.3, -0.25) is 4.79 Å². The highest BCUT2D eigenvalue weighted by atomic mass is 16.1. The fourth-order valence-corrected chi connectivity index (χ4v) is 3.22. The third-order valence-corrected chi connectivity index (χ3v) is 5.81. The number of aryl methyl sites for hydroxylation is 1. The first kappa shape index (κ1) is 15.8. The molecule has 1 saturated carbocycles. The number of allylic oxidation sites excluding steroid dienone is 1. The second kappa shape index (κ2) is 5.67. The van der Waals surface area contributed by atoms with Crippen molar-refractivity contribution in [3.05, 3.63) is 42.1 Å². The molecule has 1 aliphatic rings. The second-order valence-corrected chi connectivity index (χ2v) is 7.20. The Kier molecular flexibility index (Phi) is 4.27. The zero-order chi connectivity index (χ0) is 15.7. The molecule has 0 saturated heterocycles. The minimum atomic E-state index is -0.252. The van der Waals surface area contributed by atoms with Crippen LogP contribution in [0.3, 0.4) is 0 Å². The number of nitrogens with one attached hydrogen (secondary N) is 1. The lowest BCUT2D eigenvalue weighted by Gasteiger charge is -2.39. The number of benzene rings is 1. The Morgan fingerprint density at radius 3 is 2.38 bits per heavy atom.